The first kappa shape index (κ1) is 63.8. The van der Waals surface area contributed by atoms with Gasteiger partial charge < -0.3 is 65.1 Å². The molecule has 0 spiro atoms. The molecule has 0 aromatic rings. The predicted molar refractivity (Wildman–Crippen MR) is 277 cm³/mol. The molecule has 14 heteroatoms. The first-order valence-corrected chi connectivity index (χ1v) is 27.5. The van der Waals surface area contributed by atoms with E-state index < -0.39 is 86.8 Å². The molecule has 14 nitrogen and oxygen atoms in total. The maximum atomic E-state index is 13.2. The molecule has 2 aliphatic rings. The van der Waals surface area contributed by atoms with Crippen molar-refractivity contribution < 1.29 is 64.6 Å². The normalized spacial score (nSPS) is 26.4. The lowest BCUT2D eigenvalue weighted by Crippen LogP contribution is -2.65. The number of nitrogens with one attached hydrogen (secondary N) is 1. The highest BCUT2D eigenvalue weighted by atomic mass is 16.7. The van der Waals surface area contributed by atoms with Crippen LogP contribution in [0.1, 0.15) is 194 Å². The highest BCUT2D eigenvalue weighted by Gasteiger charge is 2.51. The SMILES string of the molecule is CC/C=C\C/C=C\C/C=C\C/C=C\C/C=C\CCCCCCCCCCCC(=O)NC(COC1OC(CO)C(OC2OC(CO)C(O)C(O)C2O)C(O)C1O)C(O)CCCCCCCCCCCCC. The summed E-state index contributed by atoms with van der Waals surface area (Å²) in [6, 6.07) is -0.833. The highest BCUT2D eigenvalue weighted by molar-refractivity contribution is 5.76. The molecule has 0 aliphatic carbocycles. The van der Waals surface area contributed by atoms with Gasteiger partial charge in [-0.3, -0.25) is 4.79 Å². The summed E-state index contributed by atoms with van der Waals surface area (Å²) in [4.78, 5) is 13.2. The van der Waals surface area contributed by atoms with Gasteiger partial charge >= 0.3 is 0 Å². The van der Waals surface area contributed by atoms with E-state index in [9.17, 15) is 45.6 Å². The van der Waals surface area contributed by atoms with Gasteiger partial charge in [0.15, 0.2) is 12.6 Å². The average Bonchev–Trinajstić information content (AvgIpc) is 3.36. The summed E-state index contributed by atoms with van der Waals surface area (Å²) in [5.74, 6) is -0.217. The van der Waals surface area contributed by atoms with Gasteiger partial charge in [0.2, 0.25) is 5.91 Å². The molecule has 2 aliphatic heterocycles. The van der Waals surface area contributed by atoms with Gasteiger partial charge in [-0.2, -0.15) is 0 Å². The summed E-state index contributed by atoms with van der Waals surface area (Å²) in [6.45, 7) is 2.71. The number of rotatable bonds is 42. The van der Waals surface area contributed by atoms with Crippen molar-refractivity contribution in [2.75, 3.05) is 19.8 Å². The van der Waals surface area contributed by atoms with E-state index in [0.29, 0.717) is 19.3 Å². The van der Waals surface area contributed by atoms with Gasteiger partial charge in [-0.05, 0) is 57.8 Å². The summed E-state index contributed by atoms with van der Waals surface area (Å²) in [7, 11) is 0. The number of aliphatic hydroxyl groups is 8. The molecule has 9 N–H and O–H groups in total. The monoisotopic (exact) mass is 994 g/mol. The number of carbonyl (C=O) groups is 1. The molecule has 12 unspecified atom stereocenters. The molecule has 12 atom stereocenters. The molecule has 0 aromatic carbocycles. The molecule has 70 heavy (non-hydrogen) atoms. The van der Waals surface area contributed by atoms with E-state index in [0.717, 1.165) is 83.5 Å². The van der Waals surface area contributed by atoms with Crippen LogP contribution in [0.25, 0.3) is 0 Å². The number of carbonyl (C=O) groups excluding carboxylic acids is 1. The first-order valence-electron chi connectivity index (χ1n) is 27.5. The first-order chi connectivity index (χ1) is 34.1. The van der Waals surface area contributed by atoms with E-state index in [1.807, 2.05) is 0 Å². The van der Waals surface area contributed by atoms with E-state index in [1.165, 1.54) is 77.0 Å². The van der Waals surface area contributed by atoms with Crippen LogP contribution in [0.3, 0.4) is 0 Å². The molecule has 0 saturated carbocycles. The van der Waals surface area contributed by atoms with E-state index in [2.05, 4.69) is 79.9 Å². The van der Waals surface area contributed by atoms with E-state index >= 15 is 0 Å². The fraction of sp³-hybridized carbons (Fsp3) is 0.804. The Labute approximate surface area is 422 Å². The molecular weight excluding hydrogens is 895 g/mol. The summed E-state index contributed by atoms with van der Waals surface area (Å²) >= 11 is 0. The van der Waals surface area contributed by atoms with Gasteiger partial charge in [-0.1, -0.05) is 190 Å². The largest absolute Gasteiger partial charge is 0.394 e. The Morgan fingerprint density at radius 1 is 0.529 bits per heavy atom. The lowest BCUT2D eigenvalue weighted by Gasteiger charge is -2.46. The minimum Gasteiger partial charge on any atom is -0.394 e. The zero-order valence-electron chi connectivity index (χ0n) is 43.2. The molecular formula is C56H99NO13. The summed E-state index contributed by atoms with van der Waals surface area (Å²) in [6.07, 6.45) is 35.1. The Hall–Kier alpha value is -2.31. The Balaban J connectivity index is 1.74. The number of aliphatic hydroxyl groups excluding tert-OH is 8. The minimum atomic E-state index is -1.78. The summed E-state index contributed by atoms with van der Waals surface area (Å²) < 4.78 is 22.8. The van der Waals surface area contributed by atoms with Crippen molar-refractivity contribution in [3.05, 3.63) is 60.8 Å². The number of ether oxygens (including phenoxy) is 4. The van der Waals surface area contributed by atoms with Gasteiger partial charge in [0.05, 0.1) is 32.0 Å². The zero-order valence-corrected chi connectivity index (χ0v) is 43.2. The van der Waals surface area contributed by atoms with Gasteiger partial charge in [0.1, 0.15) is 48.8 Å². The maximum Gasteiger partial charge on any atom is 0.220 e. The molecule has 1 amide bonds. The minimum absolute atomic E-state index is 0.217. The fourth-order valence-corrected chi connectivity index (χ4v) is 8.79. The van der Waals surface area contributed by atoms with Crippen LogP contribution in [-0.2, 0) is 23.7 Å². The van der Waals surface area contributed by atoms with Crippen LogP contribution < -0.4 is 5.32 Å². The van der Waals surface area contributed by atoms with Gasteiger partial charge in [-0.15, -0.1) is 0 Å². The fourth-order valence-electron chi connectivity index (χ4n) is 8.79. The Kier molecular flexibility index (Phi) is 38.4. The topological polar surface area (TPSA) is 228 Å². The molecule has 0 radical (unpaired) electrons. The Morgan fingerprint density at radius 2 is 0.986 bits per heavy atom. The number of unbranched alkanes of at least 4 members (excludes halogenated alkanes) is 19. The molecule has 0 bridgehead atoms. The van der Waals surface area contributed by atoms with E-state index in [-0.39, 0.29) is 12.5 Å². The maximum absolute atomic E-state index is 13.2. The van der Waals surface area contributed by atoms with Crippen LogP contribution in [0, 0.1) is 0 Å². The third-order valence-electron chi connectivity index (χ3n) is 13.2. The van der Waals surface area contributed by atoms with Crippen LogP contribution in [0.15, 0.2) is 60.8 Å². The molecule has 2 fully saturated rings. The van der Waals surface area contributed by atoms with E-state index in [4.69, 9.17) is 18.9 Å². The second-order valence-corrected chi connectivity index (χ2v) is 19.3. The third kappa shape index (κ3) is 28.2. The van der Waals surface area contributed by atoms with Crippen molar-refractivity contribution in [3.8, 4) is 0 Å². The second-order valence-electron chi connectivity index (χ2n) is 19.3. The number of hydrogen-bond donors (Lipinski definition) is 9. The number of amides is 1. The van der Waals surface area contributed by atoms with E-state index in [1.54, 1.807) is 0 Å². The second kappa shape index (κ2) is 42.1. The van der Waals surface area contributed by atoms with Crippen molar-refractivity contribution in [2.45, 2.75) is 267 Å². The van der Waals surface area contributed by atoms with Crippen LogP contribution in [0.5, 0.6) is 0 Å². The zero-order chi connectivity index (χ0) is 51.0. The quantitative estimate of drug-likeness (QED) is 0.0208. The highest BCUT2D eigenvalue weighted by Crippen LogP contribution is 2.30. The van der Waals surface area contributed by atoms with Crippen molar-refractivity contribution in [3.63, 3.8) is 0 Å². The van der Waals surface area contributed by atoms with Crippen LogP contribution in [0.4, 0.5) is 0 Å². The Morgan fingerprint density at radius 3 is 1.51 bits per heavy atom. The molecule has 0 aromatic heterocycles. The molecule has 2 rings (SSSR count). The van der Waals surface area contributed by atoms with Crippen LogP contribution in [-0.4, -0.2) is 140 Å². The van der Waals surface area contributed by atoms with Crippen molar-refractivity contribution in [2.24, 2.45) is 0 Å². The standard InChI is InChI=1S/C56H99NO13/c1-3-5-7-9-11-13-15-16-17-18-19-20-21-22-23-24-25-26-27-28-30-32-34-36-38-40-48(61)57-44(45(60)39-37-35-33-31-29-14-12-10-8-6-4-2)43-67-55-53(66)51(64)54(47(42-59)69-55)70-56-52(65)50(63)49(62)46(41-58)68-56/h5,7,11,13,16-17,19-20,22-23,44-47,49-56,58-60,62-66H,3-4,6,8-10,12,14-15,18,21,24-43H2,1-2H3,(H,57,61)/b7-5-,13-11-,17-16-,20-19-,23-22-. The number of allylic oxidation sites excluding steroid dienone is 10. The predicted octanol–water partition coefficient (Wildman–Crippen LogP) is 8.22. The molecule has 2 saturated heterocycles. The summed E-state index contributed by atoms with van der Waals surface area (Å²) in [5, 5.41) is 87.0. The van der Waals surface area contributed by atoms with Gasteiger partial charge in [-0.25, -0.2) is 0 Å². The van der Waals surface area contributed by atoms with Crippen molar-refractivity contribution >= 4 is 5.91 Å². The van der Waals surface area contributed by atoms with Gasteiger partial charge in [0.25, 0.3) is 0 Å². The molecule has 2 heterocycles. The summed E-state index contributed by atoms with van der Waals surface area (Å²) in [5.41, 5.74) is 0. The molecule has 406 valence electrons. The number of hydrogen-bond acceptors (Lipinski definition) is 13. The lowest BCUT2D eigenvalue weighted by atomic mass is 9.97. The van der Waals surface area contributed by atoms with Crippen molar-refractivity contribution in [1.29, 1.82) is 0 Å². The van der Waals surface area contributed by atoms with Gasteiger partial charge in [0, 0.05) is 6.42 Å². The Bertz CT molecular complexity index is 1410. The smallest absolute Gasteiger partial charge is 0.220 e. The average molecular weight is 994 g/mol. The lowest BCUT2D eigenvalue weighted by molar-refractivity contribution is -0.359. The van der Waals surface area contributed by atoms with Crippen molar-refractivity contribution in [1.82, 2.24) is 5.32 Å². The third-order valence-corrected chi connectivity index (χ3v) is 13.2. The van der Waals surface area contributed by atoms with Crippen LogP contribution in [0.2, 0.25) is 0 Å². The van der Waals surface area contributed by atoms with Crippen LogP contribution >= 0.6 is 0 Å².